The molecule has 0 aromatic heterocycles. The van der Waals surface area contributed by atoms with Crippen LogP contribution in [0.1, 0.15) is 44.6 Å². The van der Waals surface area contributed by atoms with E-state index in [9.17, 15) is 4.79 Å². The molecule has 0 aliphatic carbocycles. The van der Waals surface area contributed by atoms with E-state index in [1.807, 2.05) is 36.1 Å². The van der Waals surface area contributed by atoms with E-state index in [2.05, 4.69) is 11.8 Å². The van der Waals surface area contributed by atoms with Gasteiger partial charge in [0.2, 0.25) is 0 Å². The van der Waals surface area contributed by atoms with Crippen molar-refractivity contribution in [3.63, 3.8) is 0 Å². The molecule has 5 nitrogen and oxygen atoms in total. The third-order valence-corrected chi connectivity index (χ3v) is 7.05. The fourth-order valence-corrected chi connectivity index (χ4v) is 5.20. The zero-order valence-corrected chi connectivity index (χ0v) is 18.1. The minimum atomic E-state index is 0.0956. The van der Waals surface area contributed by atoms with Crippen LogP contribution in [0.15, 0.2) is 24.3 Å². The predicted octanol–water partition coefficient (Wildman–Crippen LogP) is 3.50. The Kier molecular flexibility index (Phi) is 6.45. The van der Waals surface area contributed by atoms with Crippen LogP contribution in [0.25, 0.3) is 0 Å². The van der Waals surface area contributed by atoms with Crippen LogP contribution in [0.2, 0.25) is 0 Å². The van der Waals surface area contributed by atoms with E-state index in [4.69, 9.17) is 9.47 Å². The molecule has 1 spiro atoms. The van der Waals surface area contributed by atoms with E-state index in [-0.39, 0.29) is 17.9 Å². The second-order valence-electron chi connectivity index (χ2n) is 9.63. The lowest BCUT2D eigenvalue weighted by molar-refractivity contribution is -0.135. The number of carbonyl (C=O) groups excluding carboxylic acids is 1. The van der Waals surface area contributed by atoms with Gasteiger partial charge in [-0.1, -0.05) is 24.6 Å². The monoisotopic (exact) mass is 400 g/mol. The van der Waals surface area contributed by atoms with Crippen molar-refractivity contribution in [3.05, 3.63) is 29.8 Å². The first-order chi connectivity index (χ1) is 14.0. The van der Waals surface area contributed by atoms with Gasteiger partial charge in [-0.05, 0) is 69.0 Å². The van der Waals surface area contributed by atoms with Crippen LogP contribution in [-0.2, 0) is 9.53 Å². The van der Waals surface area contributed by atoms with Gasteiger partial charge in [-0.25, -0.2) is 0 Å². The van der Waals surface area contributed by atoms with Gasteiger partial charge in [-0.15, -0.1) is 0 Å². The number of nitrogens with zero attached hydrogens (tertiary/aromatic N) is 2. The summed E-state index contributed by atoms with van der Waals surface area (Å²) in [6.45, 7) is 10.6. The van der Waals surface area contributed by atoms with Crippen molar-refractivity contribution in [3.8, 4) is 5.75 Å². The van der Waals surface area contributed by atoms with Crippen LogP contribution in [0.4, 0.5) is 0 Å². The topological polar surface area (TPSA) is 42.0 Å². The largest absolute Gasteiger partial charge is 0.484 e. The maximum absolute atomic E-state index is 12.6. The van der Waals surface area contributed by atoms with Gasteiger partial charge in [0.05, 0.1) is 12.7 Å². The highest BCUT2D eigenvalue weighted by Crippen LogP contribution is 2.42. The summed E-state index contributed by atoms with van der Waals surface area (Å²) in [5.41, 5.74) is 1.47. The van der Waals surface area contributed by atoms with Crippen LogP contribution >= 0.6 is 0 Å². The van der Waals surface area contributed by atoms with Crippen molar-refractivity contribution in [2.24, 2.45) is 11.3 Å². The van der Waals surface area contributed by atoms with E-state index in [0.29, 0.717) is 6.10 Å². The summed E-state index contributed by atoms with van der Waals surface area (Å²) in [5.74, 6) is 1.67. The molecule has 0 bridgehead atoms. The lowest BCUT2D eigenvalue weighted by atomic mass is 9.76. The van der Waals surface area contributed by atoms with Crippen molar-refractivity contribution >= 4 is 5.91 Å². The van der Waals surface area contributed by atoms with E-state index in [1.54, 1.807) is 0 Å². The number of rotatable bonds is 5. The second kappa shape index (κ2) is 9.05. The maximum atomic E-state index is 12.6. The highest BCUT2D eigenvalue weighted by Gasteiger charge is 2.43. The molecule has 0 unspecified atom stereocenters. The van der Waals surface area contributed by atoms with Crippen LogP contribution in [0.3, 0.4) is 0 Å². The lowest BCUT2D eigenvalue weighted by Crippen LogP contribution is -2.45. The molecule has 5 heteroatoms. The molecule has 29 heavy (non-hydrogen) atoms. The van der Waals surface area contributed by atoms with E-state index in [1.165, 1.54) is 31.5 Å². The van der Waals surface area contributed by atoms with Gasteiger partial charge in [0.15, 0.2) is 6.61 Å². The summed E-state index contributed by atoms with van der Waals surface area (Å²) in [6.07, 6.45) is 6.31. The van der Waals surface area contributed by atoms with E-state index < -0.39 is 0 Å². The summed E-state index contributed by atoms with van der Waals surface area (Å²) in [4.78, 5) is 17.1. The summed E-state index contributed by atoms with van der Waals surface area (Å²) >= 11 is 0. The molecule has 3 heterocycles. The van der Waals surface area contributed by atoms with Gasteiger partial charge >= 0.3 is 0 Å². The Morgan fingerprint density at radius 3 is 2.69 bits per heavy atom. The molecule has 1 aromatic carbocycles. The summed E-state index contributed by atoms with van der Waals surface area (Å²) in [5, 5.41) is 0. The van der Waals surface area contributed by atoms with Crippen molar-refractivity contribution in [1.29, 1.82) is 0 Å². The molecule has 2 atom stereocenters. The molecule has 3 aliphatic heterocycles. The number of likely N-dealkylation sites (tertiary alicyclic amines) is 2. The van der Waals surface area contributed by atoms with Gasteiger partial charge in [-0.3, -0.25) is 4.79 Å². The summed E-state index contributed by atoms with van der Waals surface area (Å²) in [6, 6.07) is 7.86. The number of piperidine rings is 2. The van der Waals surface area contributed by atoms with Crippen molar-refractivity contribution in [2.45, 2.75) is 52.1 Å². The number of hydrogen-bond acceptors (Lipinski definition) is 4. The van der Waals surface area contributed by atoms with Crippen molar-refractivity contribution in [1.82, 2.24) is 9.80 Å². The van der Waals surface area contributed by atoms with Gasteiger partial charge in [0.25, 0.3) is 5.91 Å². The summed E-state index contributed by atoms with van der Waals surface area (Å²) < 4.78 is 11.9. The fraction of sp³-hybridized carbons (Fsp3) is 0.708. The molecular formula is C24H36N2O3. The molecule has 0 radical (unpaired) electrons. The Hall–Kier alpha value is -1.59. The number of carbonyl (C=O) groups is 1. The maximum Gasteiger partial charge on any atom is 0.260 e. The Labute approximate surface area is 175 Å². The average Bonchev–Trinajstić information content (AvgIpc) is 3.10. The third kappa shape index (κ3) is 5.32. The molecule has 3 aliphatic rings. The average molecular weight is 401 g/mol. The smallest absolute Gasteiger partial charge is 0.260 e. The van der Waals surface area contributed by atoms with Gasteiger partial charge < -0.3 is 19.3 Å². The van der Waals surface area contributed by atoms with Crippen LogP contribution in [-0.4, -0.2) is 67.7 Å². The molecule has 4 rings (SSSR count). The number of hydrogen-bond donors (Lipinski definition) is 0. The molecule has 1 amide bonds. The van der Waals surface area contributed by atoms with Crippen LogP contribution < -0.4 is 4.74 Å². The number of aryl methyl sites for hydroxylation is 1. The first-order valence-corrected chi connectivity index (χ1v) is 11.3. The van der Waals surface area contributed by atoms with E-state index >= 15 is 0 Å². The molecule has 0 N–H and O–H groups in total. The lowest BCUT2D eigenvalue weighted by Gasteiger charge is -2.38. The molecule has 1 aromatic rings. The van der Waals surface area contributed by atoms with Gasteiger partial charge in [0, 0.05) is 26.2 Å². The van der Waals surface area contributed by atoms with Crippen LogP contribution in [0.5, 0.6) is 5.75 Å². The molecule has 3 fully saturated rings. The zero-order chi connectivity index (χ0) is 20.3. The minimum Gasteiger partial charge on any atom is -0.484 e. The normalized spacial score (nSPS) is 27.3. The van der Waals surface area contributed by atoms with Crippen molar-refractivity contribution < 1.29 is 14.3 Å². The van der Waals surface area contributed by atoms with Crippen molar-refractivity contribution in [2.75, 3.05) is 45.9 Å². The quantitative estimate of drug-likeness (QED) is 0.759. The van der Waals surface area contributed by atoms with Gasteiger partial charge in [0.1, 0.15) is 5.75 Å². The molecule has 3 saturated heterocycles. The Balaban J connectivity index is 1.20. The highest BCUT2D eigenvalue weighted by molar-refractivity contribution is 5.77. The Bertz CT molecular complexity index is 682. The second-order valence-corrected chi connectivity index (χ2v) is 9.63. The zero-order valence-electron chi connectivity index (χ0n) is 18.1. The number of benzene rings is 1. The van der Waals surface area contributed by atoms with E-state index in [0.717, 1.165) is 57.2 Å². The fourth-order valence-electron chi connectivity index (χ4n) is 5.20. The summed E-state index contributed by atoms with van der Waals surface area (Å²) in [7, 11) is 0. The first-order valence-electron chi connectivity index (χ1n) is 11.3. The Morgan fingerprint density at radius 2 is 1.97 bits per heavy atom. The molecular weight excluding hydrogens is 364 g/mol. The molecule has 0 saturated carbocycles. The number of amides is 1. The minimum absolute atomic E-state index is 0.0956. The Morgan fingerprint density at radius 1 is 1.21 bits per heavy atom. The van der Waals surface area contributed by atoms with Crippen LogP contribution in [0, 0.1) is 18.3 Å². The first kappa shape index (κ1) is 20.7. The third-order valence-electron chi connectivity index (χ3n) is 7.05. The predicted molar refractivity (Wildman–Crippen MR) is 114 cm³/mol. The SMILES string of the molecule is Cc1ccc(OCC(=O)N2CCC3(CC2)CO[C@H](CN2CCC[C@@H](C)C2)C3)cc1. The number of ether oxygens (including phenoxy) is 2. The molecule has 160 valence electrons. The standard InChI is InChI=1S/C24H36N2O3/c1-19-5-7-21(8-6-19)28-17-23(27)26-12-9-24(10-13-26)14-22(29-18-24)16-25-11-3-4-20(2)15-25/h5-8,20,22H,3-4,9-18H2,1-2H3/t20-,22+/m1/s1. The van der Waals surface area contributed by atoms with Gasteiger partial charge in [-0.2, -0.15) is 0 Å². The highest BCUT2D eigenvalue weighted by atomic mass is 16.5.